The van der Waals surface area contributed by atoms with Crippen molar-refractivity contribution in [1.82, 2.24) is 9.80 Å². The lowest BCUT2D eigenvalue weighted by molar-refractivity contribution is 0.0792. The fourth-order valence-electron chi connectivity index (χ4n) is 5.11. The van der Waals surface area contributed by atoms with Crippen LogP contribution in [0.4, 0.5) is 15.8 Å². The molecular weight excluding hydrogens is 483 g/mol. The Bertz CT molecular complexity index is 1280. The Kier molecular flexibility index (Phi) is 7.89. The van der Waals surface area contributed by atoms with Crippen LogP contribution in [0.25, 0.3) is 0 Å². The Morgan fingerprint density at radius 2 is 1.61 bits per heavy atom. The highest BCUT2D eigenvalue weighted by molar-refractivity contribution is 6.06. The first kappa shape index (κ1) is 25.7. The van der Waals surface area contributed by atoms with Crippen LogP contribution in [0, 0.1) is 5.82 Å². The summed E-state index contributed by atoms with van der Waals surface area (Å²) in [4.78, 5) is 32.8. The number of halogens is 1. The number of hydrogen-bond donors (Lipinski definition) is 1. The van der Waals surface area contributed by atoms with Crippen molar-refractivity contribution in [2.24, 2.45) is 0 Å². The molecule has 1 N–H and O–H groups in total. The number of benzene rings is 3. The van der Waals surface area contributed by atoms with E-state index in [1.807, 2.05) is 29.2 Å². The fourth-order valence-corrected chi connectivity index (χ4v) is 5.11. The molecule has 198 valence electrons. The highest BCUT2D eigenvalue weighted by Crippen LogP contribution is 2.29. The van der Waals surface area contributed by atoms with E-state index in [1.54, 1.807) is 43.5 Å². The van der Waals surface area contributed by atoms with E-state index >= 15 is 0 Å². The zero-order valence-electron chi connectivity index (χ0n) is 21.7. The van der Waals surface area contributed by atoms with Gasteiger partial charge < -0.3 is 19.9 Å². The van der Waals surface area contributed by atoms with Crippen LogP contribution in [0.15, 0.2) is 66.7 Å². The van der Waals surface area contributed by atoms with E-state index in [2.05, 4.69) is 15.1 Å². The molecule has 0 unspecified atom stereocenters. The Labute approximate surface area is 222 Å². The molecule has 2 amide bonds. The second-order valence-electron chi connectivity index (χ2n) is 9.77. The molecule has 3 aromatic rings. The highest BCUT2D eigenvalue weighted by Gasteiger charge is 2.27. The average Bonchev–Trinajstić information content (AvgIpc) is 3.50. The van der Waals surface area contributed by atoms with Crippen molar-refractivity contribution in [2.45, 2.75) is 19.4 Å². The van der Waals surface area contributed by atoms with Gasteiger partial charge in [0.25, 0.3) is 11.8 Å². The third-order valence-corrected chi connectivity index (χ3v) is 7.30. The maximum Gasteiger partial charge on any atom is 0.256 e. The summed E-state index contributed by atoms with van der Waals surface area (Å²) in [5.74, 6) is 0.243. The van der Waals surface area contributed by atoms with Gasteiger partial charge in [0.1, 0.15) is 11.6 Å². The number of methoxy groups -OCH3 is 1. The fraction of sp³-hybridized carbons (Fsp3) is 0.333. The maximum absolute atomic E-state index is 14.1. The van der Waals surface area contributed by atoms with Crippen molar-refractivity contribution >= 4 is 23.2 Å². The number of ether oxygens (including phenoxy) is 1. The monoisotopic (exact) mass is 516 g/mol. The number of carbonyl (C=O) groups excluding carboxylic acids is 2. The summed E-state index contributed by atoms with van der Waals surface area (Å²) in [6.45, 7) is 5.05. The van der Waals surface area contributed by atoms with Gasteiger partial charge in [-0.05, 0) is 61.4 Å². The maximum atomic E-state index is 14.1. The number of carbonyl (C=O) groups is 2. The number of nitrogens with zero attached hydrogens (tertiary/aromatic N) is 3. The number of hydrogen-bond acceptors (Lipinski definition) is 5. The summed E-state index contributed by atoms with van der Waals surface area (Å²) in [5.41, 5.74) is 3.25. The van der Waals surface area contributed by atoms with Crippen LogP contribution in [-0.2, 0) is 6.54 Å². The van der Waals surface area contributed by atoms with Crippen LogP contribution in [0.2, 0.25) is 0 Å². The molecule has 2 aliphatic heterocycles. The van der Waals surface area contributed by atoms with Crippen molar-refractivity contribution in [3.05, 3.63) is 89.2 Å². The van der Waals surface area contributed by atoms with Crippen molar-refractivity contribution in [3.8, 4) is 5.75 Å². The molecule has 2 aliphatic rings. The van der Waals surface area contributed by atoms with Crippen LogP contribution in [-0.4, -0.2) is 68.0 Å². The van der Waals surface area contributed by atoms with Crippen LogP contribution >= 0.6 is 0 Å². The summed E-state index contributed by atoms with van der Waals surface area (Å²) < 4.78 is 19.3. The minimum absolute atomic E-state index is 0.00756. The molecule has 8 heteroatoms. The van der Waals surface area contributed by atoms with E-state index in [0.717, 1.165) is 57.8 Å². The Hall–Kier alpha value is -3.91. The lowest BCUT2D eigenvalue weighted by Crippen LogP contribution is -2.46. The lowest BCUT2D eigenvalue weighted by atomic mass is 10.1. The molecular formula is C30H33FN4O3. The average molecular weight is 517 g/mol. The molecule has 0 radical (unpaired) electrons. The van der Waals surface area contributed by atoms with Gasteiger partial charge in [0.05, 0.1) is 12.7 Å². The predicted octanol–water partition coefficient (Wildman–Crippen LogP) is 4.64. The van der Waals surface area contributed by atoms with E-state index in [-0.39, 0.29) is 17.6 Å². The molecule has 0 bridgehead atoms. The van der Waals surface area contributed by atoms with Crippen LogP contribution < -0.4 is 15.0 Å². The molecule has 0 aromatic heterocycles. The van der Waals surface area contributed by atoms with Crippen LogP contribution in [0.5, 0.6) is 5.75 Å². The third-order valence-electron chi connectivity index (χ3n) is 7.30. The molecule has 7 nitrogen and oxygen atoms in total. The van der Waals surface area contributed by atoms with Crippen molar-refractivity contribution in [3.63, 3.8) is 0 Å². The Morgan fingerprint density at radius 1 is 0.895 bits per heavy atom. The SMILES string of the molecule is COc1ccc(C(=O)Nc2ccc(N3CCN(Cc4ccccc4F)CC3)c(C(=O)N3CCCC3)c2)cc1. The standard InChI is InChI=1S/C30H33FN4O3/c1-38-25-11-8-22(9-12-25)29(36)32-24-10-13-28(26(20-24)30(37)35-14-4-5-15-35)34-18-16-33(17-19-34)21-23-6-2-3-7-27(23)31/h2-3,6-13,20H,4-5,14-19,21H2,1H3,(H,32,36). The molecule has 2 heterocycles. The van der Waals surface area contributed by atoms with Crippen LogP contribution in [0.1, 0.15) is 39.1 Å². The number of amides is 2. The van der Waals surface area contributed by atoms with Crippen molar-refractivity contribution in [2.75, 3.05) is 56.6 Å². The Morgan fingerprint density at radius 3 is 2.29 bits per heavy atom. The van der Waals surface area contributed by atoms with Gasteiger partial charge in [0.15, 0.2) is 0 Å². The normalized spacial score (nSPS) is 15.9. The minimum Gasteiger partial charge on any atom is -0.497 e. The molecule has 2 saturated heterocycles. The quantitative estimate of drug-likeness (QED) is 0.496. The topological polar surface area (TPSA) is 65.1 Å². The third kappa shape index (κ3) is 5.81. The van der Waals surface area contributed by atoms with Crippen molar-refractivity contribution in [1.29, 1.82) is 0 Å². The first-order valence-corrected chi connectivity index (χ1v) is 13.1. The van der Waals surface area contributed by atoms with Gasteiger partial charge in [-0.1, -0.05) is 18.2 Å². The molecule has 38 heavy (non-hydrogen) atoms. The summed E-state index contributed by atoms with van der Waals surface area (Å²) in [6.07, 6.45) is 2.01. The van der Waals surface area contributed by atoms with Gasteiger partial charge in [0.2, 0.25) is 0 Å². The number of likely N-dealkylation sites (tertiary alicyclic amines) is 1. The molecule has 0 atom stereocenters. The van der Waals surface area contributed by atoms with Crippen molar-refractivity contribution < 1.29 is 18.7 Å². The van der Waals surface area contributed by atoms with E-state index in [9.17, 15) is 14.0 Å². The van der Waals surface area contributed by atoms with Crippen LogP contribution in [0.3, 0.4) is 0 Å². The summed E-state index contributed by atoms with van der Waals surface area (Å²) >= 11 is 0. The zero-order chi connectivity index (χ0) is 26.5. The molecule has 0 spiro atoms. The molecule has 0 aliphatic carbocycles. The lowest BCUT2D eigenvalue weighted by Gasteiger charge is -2.37. The first-order chi connectivity index (χ1) is 18.5. The summed E-state index contributed by atoms with van der Waals surface area (Å²) in [6, 6.07) is 19.4. The van der Waals surface area contributed by atoms with E-state index < -0.39 is 0 Å². The van der Waals surface area contributed by atoms with Gasteiger partial charge >= 0.3 is 0 Å². The number of nitrogens with one attached hydrogen (secondary N) is 1. The van der Waals surface area contributed by atoms with Gasteiger partial charge in [0, 0.05) is 68.3 Å². The van der Waals surface area contributed by atoms with Gasteiger partial charge in [-0.2, -0.15) is 0 Å². The summed E-state index contributed by atoms with van der Waals surface area (Å²) in [7, 11) is 1.58. The largest absolute Gasteiger partial charge is 0.497 e. The zero-order valence-corrected chi connectivity index (χ0v) is 21.7. The molecule has 2 fully saturated rings. The predicted molar refractivity (Wildman–Crippen MR) is 146 cm³/mol. The van der Waals surface area contributed by atoms with E-state index in [1.165, 1.54) is 6.07 Å². The number of anilines is 2. The smallest absolute Gasteiger partial charge is 0.256 e. The first-order valence-electron chi connectivity index (χ1n) is 13.1. The number of rotatable bonds is 7. The highest BCUT2D eigenvalue weighted by atomic mass is 19.1. The van der Waals surface area contributed by atoms with E-state index in [0.29, 0.717) is 34.7 Å². The number of piperazine rings is 1. The minimum atomic E-state index is -0.248. The second kappa shape index (κ2) is 11.6. The van der Waals surface area contributed by atoms with Gasteiger partial charge in [-0.3, -0.25) is 14.5 Å². The second-order valence-corrected chi connectivity index (χ2v) is 9.77. The van der Waals surface area contributed by atoms with E-state index in [4.69, 9.17) is 4.74 Å². The molecule has 0 saturated carbocycles. The van der Waals surface area contributed by atoms with Gasteiger partial charge in [-0.15, -0.1) is 0 Å². The Balaban J connectivity index is 1.32. The van der Waals surface area contributed by atoms with Gasteiger partial charge in [-0.25, -0.2) is 4.39 Å². The molecule has 3 aromatic carbocycles. The molecule has 5 rings (SSSR count). The summed E-state index contributed by atoms with van der Waals surface area (Å²) in [5, 5.41) is 2.94.